The Kier molecular flexibility index (Phi) is 3.72. The third-order valence-corrected chi connectivity index (χ3v) is 5.84. The van der Waals surface area contributed by atoms with Gasteiger partial charge < -0.3 is 24.1 Å². The molecule has 1 aromatic carbocycles. The average Bonchev–Trinajstić information content (AvgIpc) is 2.95. The van der Waals surface area contributed by atoms with Crippen LogP contribution in [0.5, 0.6) is 5.75 Å². The van der Waals surface area contributed by atoms with Crippen LogP contribution in [-0.2, 0) is 19.6 Å². The van der Waals surface area contributed by atoms with Gasteiger partial charge in [-0.1, -0.05) is 11.6 Å². The summed E-state index contributed by atoms with van der Waals surface area (Å²) in [7, 11) is -0.498. The molecule has 0 bridgehead atoms. The Labute approximate surface area is 148 Å². The van der Waals surface area contributed by atoms with E-state index >= 15 is 0 Å². The van der Waals surface area contributed by atoms with Crippen LogP contribution < -0.4 is 15.5 Å². The highest BCUT2D eigenvalue weighted by Gasteiger charge is 2.54. The quantitative estimate of drug-likeness (QED) is 0.783. The SMILES string of the molecule is CC1(C)OB(c2cc(Cl)cc3c2OCC32COCCN2)OC1(C)C. The fourth-order valence-corrected chi connectivity index (χ4v) is 3.70. The lowest BCUT2D eigenvalue weighted by molar-refractivity contribution is 0.00578. The molecule has 0 aromatic heterocycles. The van der Waals surface area contributed by atoms with Gasteiger partial charge in [-0.2, -0.15) is 0 Å². The number of nitrogens with one attached hydrogen (secondary N) is 1. The van der Waals surface area contributed by atoms with E-state index in [1.165, 1.54) is 0 Å². The minimum atomic E-state index is -0.498. The van der Waals surface area contributed by atoms with E-state index < -0.39 is 18.3 Å². The predicted molar refractivity (Wildman–Crippen MR) is 93.2 cm³/mol. The van der Waals surface area contributed by atoms with Crippen LogP contribution in [0.1, 0.15) is 33.3 Å². The Bertz CT molecular complexity index is 657. The van der Waals surface area contributed by atoms with Gasteiger partial charge in [-0.05, 0) is 39.8 Å². The first-order valence-corrected chi connectivity index (χ1v) is 8.77. The lowest BCUT2D eigenvalue weighted by Gasteiger charge is -2.33. The van der Waals surface area contributed by atoms with Crippen molar-refractivity contribution in [3.8, 4) is 5.75 Å². The summed E-state index contributed by atoms with van der Waals surface area (Å²) in [5.41, 5.74) is 0.724. The van der Waals surface area contributed by atoms with Crippen molar-refractivity contribution in [3.63, 3.8) is 0 Å². The maximum atomic E-state index is 6.42. The molecule has 4 rings (SSSR count). The first-order chi connectivity index (χ1) is 11.2. The van der Waals surface area contributed by atoms with Gasteiger partial charge in [0.2, 0.25) is 0 Å². The smallest absolute Gasteiger partial charge is 0.491 e. The molecule has 0 aliphatic carbocycles. The summed E-state index contributed by atoms with van der Waals surface area (Å²) in [5.74, 6) is 0.802. The van der Waals surface area contributed by atoms with Crippen LogP contribution in [0.3, 0.4) is 0 Å². The number of morpholine rings is 1. The zero-order chi connectivity index (χ0) is 17.2. The molecule has 1 spiro atoms. The summed E-state index contributed by atoms with van der Waals surface area (Å²) < 4.78 is 24.1. The lowest BCUT2D eigenvalue weighted by atomic mass is 9.76. The molecule has 2 fully saturated rings. The summed E-state index contributed by atoms with van der Waals surface area (Å²) in [6, 6.07) is 3.84. The molecule has 24 heavy (non-hydrogen) atoms. The van der Waals surface area contributed by atoms with Gasteiger partial charge in [-0.3, -0.25) is 0 Å². The maximum Gasteiger partial charge on any atom is 0.498 e. The Morgan fingerprint density at radius 1 is 1.08 bits per heavy atom. The van der Waals surface area contributed by atoms with E-state index in [1.807, 2.05) is 39.8 Å². The molecule has 0 amide bonds. The van der Waals surface area contributed by atoms with Crippen LogP contribution in [0, 0.1) is 0 Å². The molecular formula is C17H23BClNO4. The van der Waals surface area contributed by atoms with Crippen molar-refractivity contribution in [2.45, 2.75) is 44.4 Å². The van der Waals surface area contributed by atoms with E-state index in [9.17, 15) is 0 Å². The molecule has 3 aliphatic heterocycles. The van der Waals surface area contributed by atoms with Crippen LogP contribution in [0.25, 0.3) is 0 Å². The minimum absolute atomic E-state index is 0.336. The van der Waals surface area contributed by atoms with Crippen LogP contribution in [0.4, 0.5) is 0 Å². The molecule has 0 saturated carbocycles. The molecule has 3 heterocycles. The second-order valence-electron chi connectivity index (χ2n) is 7.81. The largest absolute Gasteiger partial charge is 0.498 e. The number of ether oxygens (including phenoxy) is 2. The Morgan fingerprint density at radius 2 is 1.79 bits per heavy atom. The summed E-state index contributed by atoms with van der Waals surface area (Å²) >= 11 is 6.42. The second-order valence-corrected chi connectivity index (χ2v) is 8.25. The van der Waals surface area contributed by atoms with Crippen molar-refractivity contribution in [2.75, 3.05) is 26.4 Å². The van der Waals surface area contributed by atoms with Crippen LogP contribution in [0.15, 0.2) is 12.1 Å². The third-order valence-electron chi connectivity index (χ3n) is 5.63. The zero-order valence-corrected chi connectivity index (χ0v) is 15.3. The number of benzene rings is 1. The fourth-order valence-electron chi connectivity index (χ4n) is 3.48. The molecule has 1 atom stereocenters. The van der Waals surface area contributed by atoms with E-state index in [4.69, 9.17) is 30.4 Å². The van der Waals surface area contributed by atoms with Crippen molar-refractivity contribution < 1.29 is 18.8 Å². The number of hydrogen-bond acceptors (Lipinski definition) is 5. The second kappa shape index (κ2) is 5.35. The molecule has 7 heteroatoms. The van der Waals surface area contributed by atoms with Gasteiger partial charge in [0.25, 0.3) is 0 Å². The number of hydrogen-bond donors (Lipinski definition) is 1. The minimum Gasteiger partial charge on any atom is -0.491 e. The first-order valence-electron chi connectivity index (χ1n) is 8.39. The van der Waals surface area contributed by atoms with E-state index in [0.717, 1.165) is 23.3 Å². The van der Waals surface area contributed by atoms with Crippen LogP contribution in [0.2, 0.25) is 5.02 Å². The lowest BCUT2D eigenvalue weighted by Crippen LogP contribution is -2.52. The molecule has 0 radical (unpaired) electrons. The molecular weight excluding hydrogens is 328 g/mol. The Hall–Kier alpha value is -0.785. The van der Waals surface area contributed by atoms with Crippen molar-refractivity contribution in [3.05, 3.63) is 22.7 Å². The molecule has 5 nitrogen and oxygen atoms in total. The van der Waals surface area contributed by atoms with Crippen molar-refractivity contribution in [1.29, 1.82) is 0 Å². The highest BCUT2D eigenvalue weighted by Crippen LogP contribution is 2.42. The number of fused-ring (bicyclic) bond motifs is 2. The van der Waals surface area contributed by atoms with Crippen LogP contribution >= 0.6 is 11.6 Å². The van der Waals surface area contributed by atoms with Gasteiger partial charge in [-0.25, -0.2) is 0 Å². The summed E-state index contributed by atoms with van der Waals surface area (Å²) in [4.78, 5) is 0. The fraction of sp³-hybridized carbons (Fsp3) is 0.647. The number of rotatable bonds is 1. The van der Waals surface area contributed by atoms with Crippen molar-refractivity contribution in [1.82, 2.24) is 5.32 Å². The van der Waals surface area contributed by atoms with E-state index in [2.05, 4.69) is 5.32 Å². The highest BCUT2D eigenvalue weighted by atomic mass is 35.5. The van der Waals surface area contributed by atoms with E-state index in [-0.39, 0.29) is 5.54 Å². The topological polar surface area (TPSA) is 49.0 Å². The first kappa shape index (κ1) is 16.7. The molecule has 3 aliphatic rings. The molecule has 1 N–H and O–H groups in total. The van der Waals surface area contributed by atoms with Gasteiger partial charge in [0.15, 0.2) is 0 Å². The van der Waals surface area contributed by atoms with Crippen molar-refractivity contribution in [2.24, 2.45) is 0 Å². The summed E-state index contributed by atoms with van der Waals surface area (Å²) in [6.07, 6.45) is 0. The average molecular weight is 352 g/mol. The molecule has 2 saturated heterocycles. The summed E-state index contributed by atoms with van der Waals surface area (Å²) in [5, 5.41) is 4.19. The predicted octanol–water partition coefficient (Wildman–Crippen LogP) is 1.85. The molecule has 130 valence electrons. The molecule has 1 aromatic rings. The third kappa shape index (κ3) is 2.39. The molecule has 1 unspecified atom stereocenters. The Balaban J connectivity index is 1.76. The van der Waals surface area contributed by atoms with Crippen LogP contribution in [-0.4, -0.2) is 44.7 Å². The van der Waals surface area contributed by atoms with Gasteiger partial charge in [0.1, 0.15) is 17.9 Å². The monoisotopic (exact) mass is 351 g/mol. The number of halogens is 1. The standard InChI is InChI=1S/C17H23BClNO4/c1-15(2)16(3,4)24-18(23-15)13-8-11(19)7-12-14(13)22-10-17(12)9-21-6-5-20-17/h7-8,20H,5-6,9-10H2,1-4H3. The van der Waals surface area contributed by atoms with Gasteiger partial charge >= 0.3 is 7.12 Å². The zero-order valence-electron chi connectivity index (χ0n) is 14.6. The Morgan fingerprint density at radius 3 is 2.42 bits per heavy atom. The van der Waals surface area contributed by atoms with Gasteiger partial charge in [-0.15, -0.1) is 0 Å². The van der Waals surface area contributed by atoms with E-state index in [0.29, 0.717) is 24.8 Å². The van der Waals surface area contributed by atoms with Crippen molar-refractivity contribution >= 4 is 24.2 Å². The highest BCUT2D eigenvalue weighted by molar-refractivity contribution is 6.63. The normalized spacial score (nSPS) is 30.5. The van der Waals surface area contributed by atoms with Gasteiger partial charge in [0.05, 0.1) is 24.4 Å². The maximum absolute atomic E-state index is 6.42. The van der Waals surface area contributed by atoms with Gasteiger partial charge in [0, 0.05) is 22.6 Å². The summed E-state index contributed by atoms with van der Waals surface area (Å²) in [6.45, 7) is 10.8. The van der Waals surface area contributed by atoms with E-state index in [1.54, 1.807) is 0 Å².